The molecular weight excluding hydrogens is 591 g/mol. The highest BCUT2D eigenvalue weighted by molar-refractivity contribution is 6.34. The standard InChI is InChI=1S/C31H34Cl2N6O4/c1-34-31(25(32)7-5-11-40)43-19-22-6-4-10-38(22)28-13-27-24(12-26(28)33)30(42)20(18-41)15-39(27)21-8-9-29(35-14-21)37-16-23(17-37)36(2)3/h5,7-9,11-15,18,22-23,34H,4,6,10,16-17,19H2,1-3H3/b7-5-,31-25-. The van der Waals surface area contributed by atoms with E-state index >= 15 is 0 Å². The summed E-state index contributed by atoms with van der Waals surface area (Å²) in [7, 11) is 5.84. The third-order valence-corrected chi connectivity index (χ3v) is 8.63. The van der Waals surface area contributed by atoms with Gasteiger partial charge in [0.15, 0.2) is 11.7 Å². The molecule has 0 amide bonds. The maximum atomic E-state index is 13.2. The van der Waals surface area contributed by atoms with Gasteiger partial charge in [0, 0.05) is 44.3 Å². The Balaban J connectivity index is 1.48. The Bertz CT molecular complexity index is 1630. The van der Waals surface area contributed by atoms with Crippen LogP contribution in [0, 0.1) is 0 Å². The second-order valence-electron chi connectivity index (χ2n) is 10.8. The number of carbonyl (C=O) groups excluding carboxylic acids is 2. The van der Waals surface area contributed by atoms with Crippen LogP contribution in [-0.2, 0) is 9.53 Å². The summed E-state index contributed by atoms with van der Waals surface area (Å²) in [5.74, 6) is 1.24. The number of carbonyl (C=O) groups is 2. The minimum absolute atomic E-state index is 0.0179. The number of pyridine rings is 2. The lowest BCUT2D eigenvalue weighted by Crippen LogP contribution is -2.57. The Morgan fingerprint density at radius 2 is 2.02 bits per heavy atom. The summed E-state index contributed by atoms with van der Waals surface area (Å²) < 4.78 is 7.81. The quantitative estimate of drug-likeness (QED) is 0.147. The molecule has 10 nitrogen and oxygen atoms in total. The maximum Gasteiger partial charge on any atom is 0.205 e. The van der Waals surface area contributed by atoms with Gasteiger partial charge in [-0.05, 0) is 63.4 Å². The molecule has 3 aromatic rings. The van der Waals surface area contributed by atoms with E-state index in [-0.39, 0.29) is 22.1 Å². The van der Waals surface area contributed by atoms with Gasteiger partial charge in [-0.3, -0.25) is 14.4 Å². The molecule has 43 heavy (non-hydrogen) atoms. The highest BCUT2D eigenvalue weighted by Crippen LogP contribution is 2.36. The Hall–Kier alpha value is -3.86. The fourth-order valence-corrected chi connectivity index (χ4v) is 6.01. The second kappa shape index (κ2) is 13.2. The van der Waals surface area contributed by atoms with Crippen molar-refractivity contribution in [3.05, 3.63) is 80.5 Å². The van der Waals surface area contributed by atoms with Gasteiger partial charge in [0.1, 0.15) is 23.7 Å². The zero-order valence-corrected chi connectivity index (χ0v) is 25.8. The van der Waals surface area contributed by atoms with E-state index in [1.807, 2.05) is 22.8 Å². The molecule has 2 aromatic heterocycles. The number of hydrogen-bond donors (Lipinski definition) is 1. The molecule has 12 heteroatoms. The second-order valence-corrected chi connectivity index (χ2v) is 11.7. The summed E-state index contributed by atoms with van der Waals surface area (Å²) in [6.07, 6.45) is 9.07. The Labute approximate surface area is 260 Å². The number of anilines is 2. The van der Waals surface area contributed by atoms with E-state index in [4.69, 9.17) is 27.9 Å². The third kappa shape index (κ3) is 6.27. The predicted molar refractivity (Wildman–Crippen MR) is 171 cm³/mol. The van der Waals surface area contributed by atoms with Gasteiger partial charge < -0.3 is 29.3 Å². The molecule has 5 rings (SSSR count). The monoisotopic (exact) mass is 624 g/mol. The number of aromatic nitrogens is 2. The summed E-state index contributed by atoms with van der Waals surface area (Å²) in [6.45, 7) is 2.88. The van der Waals surface area contributed by atoms with Gasteiger partial charge in [-0.1, -0.05) is 23.2 Å². The molecule has 0 spiro atoms. The van der Waals surface area contributed by atoms with Gasteiger partial charge in [-0.25, -0.2) is 4.98 Å². The van der Waals surface area contributed by atoms with E-state index in [2.05, 4.69) is 39.1 Å². The van der Waals surface area contributed by atoms with Crippen LogP contribution < -0.4 is 20.5 Å². The molecule has 1 aromatic carbocycles. The van der Waals surface area contributed by atoms with Crippen LogP contribution in [0.15, 0.2) is 64.5 Å². The average molecular weight is 626 g/mol. The third-order valence-electron chi connectivity index (χ3n) is 8.03. The molecule has 0 saturated carbocycles. The minimum atomic E-state index is -0.377. The highest BCUT2D eigenvalue weighted by Gasteiger charge is 2.30. The van der Waals surface area contributed by atoms with E-state index in [1.54, 1.807) is 25.5 Å². The van der Waals surface area contributed by atoms with Crippen molar-refractivity contribution in [1.82, 2.24) is 19.8 Å². The van der Waals surface area contributed by atoms with E-state index in [1.165, 1.54) is 12.2 Å². The summed E-state index contributed by atoms with van der Waals surface area (Å²) in [5, 5.41) is 3.96. The number of aldehydes is 2. The molecule has 2 fully saturated rings. The van der Waals surface area contributed by atoms with Crippen molar-refractivity contribution in [2.45, 2.75) is 24.9 Å². The van der Waals surface area contributed by atoms with Crippen LogP contribution in [0.25, 0.3) is 16.6 Å². The number of likely N-dealkylation sites (N-methyl/N-ethyl adjacent to an activating group) is 1. The average Bonchev–Trinajstić information content (AvgIpc) is 3.44. The number of allylic oxidation sites excluding steroid dienone is 3. The molecule has 2 aliphatic rings. The predicted octanol–water partition coefficient (Wildman–Crippen LogP) is 3.97. The van der Waals surface area contributed by atoms with Gasteiger partial charge in [-0.2, -0.15) is 0 Å². The largest absolute Gasteiger partial charge is 0.476 e. The first-order valence-corrected chi connectivity index (χ1v) is 14.8. The van der Waals surface area contributed by atoms with E-state index in [0.717, 1.165) is 49.7 Å². The van der Waals surface area contributed by atoms with Gasteiger partial charge in [-0.15, -0.1) is 0 Å². The zero-order chi connectivity index (χ0) is 30.7. The molecule has 1 atom stereocenters. The number of rotatable bonds is 11. The topological polar surface area (TPSA) is 100 Å². The molecule has 2 aliphatic heterocycles. The van der Waals surface area contributed by atoms with Crippen molar-refractivity contribution in [2.75, 3.05) is 57.2 Å². The number of nitrogens with zero attached hydrogens (tertiary/aromatic N) is 5. The molecule has 1 N–H and O–H groups in total. The molecule has 2 saturated heterocycles. The van der Waals surface area contributed by atoms with Crippen LogP contribution in [0.5, 0.6) is 0 Å². The lowest BCUT2D eigenvalue weighted by Gasteiger charge is -2.43. The van der Waals surface area contributed by atoms with Crippen molar-refractivity contribution in [2.24, 2.45) is 0 Å². The summed E-state index contributed by atoms with van der Waals surface area (Å²) in [4.78, 5) is 47.0. The van der Waals surface area contributed by atoms with Gasteiger partial charge in [0.25, 0.3) is 0 Å². The number of halogens is 2. The SMILES string of the molecule is CN/C(OCC1CCCN1c1cc2c(cc1Cl)c(=O)c(C=O)cn2-c1ccc(N2CC(N(C)C)C2)nc1)=C(Cl)\C=C/C=O. The fraction of sp³-hybridized carbons (Fsp3) is 0.355. The molecular formula is C31H34Cl2N6O4. The minimum Gasteiger partial charge on any atom is -0.476 e. The van der Waals surface area contributed by atoms with Crippen molar-refractivity contribution in [1.29, 1.82) is 0 Å². The first-order valence-electron chi connectivity index (χ1n) is 14.1. The number of fused-ring (bicyclic) bond motifs is 1. The van der Waals surface area contributed by atoms with Crippen LogP contribution in [0.1, 0.15) is 23.2 Å². The summed E-state index contributed by atoms with van der Waals surface area (Å²) in [5.41, 5.74) is 1.76. The number of benzene rings is 1. The first kappa shape index (κ1) is 30.6. The first-order chi connectivity index (χ1) is 20.7. The van der Waals surface area contributed by atoms with Crippen molar-refractivity contribution in [3.8, 4) is 5.69 Å². The smallest absolute Gasteiger partial charge is 0.205 e. The van der Waals surface area contributed by atoms with Crippen molar-refractivity contribution >= 4 is 58.2 Å². The lowest BCUT2D eigenvalue weighted by molar-refractivity contribution is -0.104. The van der Waals surface area contributed by atoms with Crippen LogP contribution in [-0.4, -0.2) is 86.5 Å². The normalized spacial score (nSPS) is 17.9. The van der Waals surface area contributed by atoms with Crippen LogP contribution in [0.4, 0.5) is 11.5 Å². The van der Waals surface area contributed by atoms with Crippen LogP contribution in [0.2, 0.25) is 5.02 Å². The number of nitrogens with one attached hydrogen (secondary N) is 1. The zero-order valence-electron chi connectivity index (χ0n) is 24.3. The van der Waals surface area contributed by atoms with E-state index in [0.29, 0.717) is 47.0 Å². The molecule has 1 unspecified atom stereocenters. The Kier molecular flexibility index (Phi) is 9.39. The summed E-state index contributed by atoms with van der Waals surface area (Å²) >= 11 is 13.1. The van der Waals surface area contributed by atoms with Crippen molar-refractivity contribution in [3.63, 3.8) is 0 Å². The summed E-state index contributed by atoms with van der Waals surface area (Å²) in [6, 6.07) is 7.91. The number of hydrogen-bond acceptors (Lipinski definition) is 9. The maximum absolute atomic E-state index is 13.2. The van der Waals surface area contributed by atoms with Crippen LogP contribution >= 0.6 is 23.2 Å². The molecule has 0 radical (unpaired) electrons. The Morgan fingerprint density at radius 3 is 2.67 bits per heavy atom. The van der Waals surface area contributed by atoms with Gasteiger partial charge >= 0.3 is 0 Å². The molecule has 226 valence electrons. The van der Waals surface area contributed by atoms with Crippen LogP contribution in [0.3, 0.4) is 0 Å². The number of ether oxygens (including phenoxy) is 1. The lowest BCUT2D eigenvalue weighted by atomic mass is 10.1. The fourth-order valence-electron chi connectivity index (χ4n) is 5.51. The highest BCUT2D eigenvalue weighted by atomic mass is 35.5. The molecule has 0 aliphatic carbocycles. The Morgan fingerprint density at radius 1 is 1.23 bits per heavy atom. The molecule has 0 bridgehead atoms. The van der Waals surface area contributed by atoms with Gasteiger partial charge in [0.2, 0.25) is 5.88 Å². The van der Waals surface area contributed by atoms with Gasteiger partial charge in [0.05, 0.1) is 39.7 Å². The van der Waals surface area contributed by atoms with E-state index in [9.17, 15) is 14.4 Å². The van der Waals surface area contributed by atoms with Crippen molar-refractivity contribution < 1.29 is 14.3 Å². The molecule has 4 heterocycles. The van der Waals surface area contributed by atoms with E-state index < -0.39 is 0 Å².